The summed E-state index contributed by atoms with van der Waals surface area (Å²) in [7, 11) is 1.40. The van der Waals surface area contributed by atoms with Crippen molar-refractivity contribution in [2.24, 2.45) is 11.8 Å². The third-order valence-electron chi connectivity index (χ3n) is 6.32. The Morgan fingerprint density at radius 2 is 1.77 bits per heavy atom. The van der Waals surface area contributed by atoms with Crippen molar-refractivity contribution in [1.82, 2.24) is 10.3 Å². The van der Waals surface area contributed by atoms with Gasteiger partial charge in [-0.2, -0.15) is 0 Å². The van der Waals surface area contributed by atoms with Crippen molar-refractivity contribution < 1.29 is 38.1 Å². The third kappa shape index (κ3) is 9.29. The minimum atomic E-state index is -1.00. The Hall–Kier alpha value is -3.53. The van der Waals surface area contributed by atoms with Crippen LogP contribution in [0.3, 0.4) is 0 Å². The first-order chi connectivity index (χ1) is 19.0. The highest BCUT2D eigenvalue weighted by Crippen LogP contribution is 2.30. The average Bonchev–Trinajstić information content (AvgIpc) is 2.91. The van der Waals surface area contributed by atoms with Gasteiger partial charge in [-0.15, -0.1) is 0 Å². The summed E-state index contributed by atoms with van der Waals surface area (Å²) in [5, 5.41) is 3.24. The van der Waals surface area contributed by atoms with Gasteiger partial charge in [-0.1, -0.05) is 45.4 Å². The van der Waals surface area contributed by atoms with E-state index in [2.05, 4.69) is 24.1 Å². The molecular weight excluding hydrogens is 540 g/mol. The van der Waals surface area contributed by atoms with Gasteiger partial charge in [0.2, 0.25) is 6.79 Å². The molecule has 0 unspecified atom stereocenters. The largest absolute Gasteiger partial charge is 0.493 e. The Morgan fingerprint density at radius 1 is 1.07 bits per heavy atom. The maximum atomic E-state index is 13.4. The minimum Gasteiger partial charge on any atom is -0.493 e. The van der Waals surface area contributed by atoms with Crippen LogP contribution in [0.25, 0.3) is 0 Å². The van der Waals surface area contributed by atoms with Crippen molar-refractivity contribution in [3.8, 4) is 17.2 Å². The van der Waals surface area contributed by atoms with Gasteiger partial charge < -0.3 is 29.0 Å². The zero-order valence-corrected chi connectivity index (χ0v) is 24.8. The predicted octanol–water partition coefficient (Wildman–Crippen LogP) is 5.21. The molecule has 11 heteroatoms. The molecule has 220 valence electrons. The van der Waals surface area contributed by atoms with Crippen LogP contribution < -0.4 is 19.5 Å². The number of benzene rings is 1. The molecule has 0 bridgehead atoms. The number of pyridine rings is 1. The normalized spacial score (nSPS) is 13.2. The van der Waals surface area contributed by atoms with Crippen LogP contribution in [0, 0.1) is 11.8 Å². The van der Waals surface area contributed by atoms with Gasteiger partial charge in [-0.05, 0) is 49.8 Å². The van der Waals surface area contributed by atoms with Crippen LogP contribution in [0.4, 0.5) is 0 Å². The quantitative estimate of drug-likeness (QED) is 0.224. The fourth-order valence-corrected chi connectivity index (χ4v) is 4.30. The molecule has 1 N–H and O–H groups in total. The monoisotopic (exact) mass is 578 g/mol. The smallest absolute Gasteiger partial charge is 0.329 e. The Bertz CT molecular complexity index is 1140. The zero-order chi connectivity index (χ0) is 29.8. The van der Waals surface area contributed by atoms with Gasteiger partial charge in [-0.3, -0.25) is 9.59 Å². The number of ether oxygens (including phenoxy) is 5. The number of carbonyl (C=O) groups is 3. The van der Waals surface area contributed by atoms with E-state index in [1.54, 1.807) is 45.0 Å². The first-order valence-electron chi connectivity index (χ1n) is 13.2. The van der Waals surface area contributed by atoms with Crippen LogP contribution in [0.5, 0.6) is 17.2 Å². The van der Waals surface area contributed by atoms with Gasteiger partial charge in [0.1, 0.15) is 24.0 Å². The SMILES string of the molecule is CCC(CC)[C@@H](Oc1cccc(Cl)c1)[C@H](C)OC(=O)[C@@H](NC(=O)c1nccc(OC)c1OCOC(C)=O)C(C)C. The summed E-state index contributed by atoms with van der Waals surface area (Å²) in [6.07, 6.45) is 1.91. The molecule has 1 amide bonds. The van der Waals surface area contributed by atoms with E-state index >= 15 is 0 Å². The number of hydrogen-bond acceptors (Lipinski definition) is 9. The molecule has 2 aromatic rings. The lowest BCUT2D eigenvalue weighted by molar-refractivity contribution is -0.158. The number of methoxy groups -OCH3 is 1. The Labute approximate surface area is 240 Å². The lowest BCUT2D eigenvalue weighted by atomic mass is 9.93. The molecule has 1 heterocycles. The van der Waals surface area contributed by atoms with Crippen LogP contribution in [0.15, 0.2) is 36.5 Å². The summed E-state index contributed by atoms with van der Waals surface area (Å²) < 4.78 is 27.7. The summed E-state index contributed by atoms with van der Waals surface area (Å²) >= 11 is 6.14. The van der Waals surface area contributed by atoms with Crippen molar-refractivity contribution in [2.45, 2.75) is 72.6 Å². The Balaban J connectivity index is 2.24. The fraction of sp³-hybridized carbons (Fsp3) is 0.517. The molecule has 10 nitrogen and oxygen atoms in total. The van der Waals surface area contributed by atoms with E-state index in [4.69, 9.17) is 35.3 Å². The van der Waals surface area contributed by atoms with Crippen LogP contribution in [0.2, 0.25) is 5.02 Å². The third-order valence-corrected chi connectivity index (χ3v) is 6.56. The molecule has 1 aromatic carbocycles. The van der Waals surface area contributed by atoms with Gasteiger partial charge in [0.05, 0.1) is 7.11 Å². The highest BCUT2D eigenvalue weighted by Gasteiger charge is 2.34. The second-order valence-electron chi connectivity index (χ2n) is 9.54. The highest BCUT2D eigenvalue weighted by molar-refractivity contribution is 6.30. The molecule has 1 aromatic heterocycles. The summed E-state index contributed by atoms with van der Waals surface area (Å²) in [6, 6.07) is 7.55. The van der Waals surface area contributed by atoms with Crippen LogP contribution in [-0.4, -0.2) is 55.0 Å². The van der Waals surface area contributed by atoms with E-state index in [0.717, 1.165) is 12.8 Å². The van der Waals surface area contributed by atoms with E-state index in [-0.39, 0.29) is 29.0 Å². The molecule has 40 heavy (non-hydrogen) atoms. The zero-order valence-electron chi connectivity index (χ0n) is 24.1. The molecule has 0 saturated carbocycles. The predicted molar refractivity (Wildman–Crippen MR) is 150 cm³/mol. The number of nitrogens with zero attached hydrogens (tertiary/aromatic N) is 1. The van der Waals surface area contributed by atoms with Crippen molar-refractivity contribution in [3.63, 3.8) is 0 Å². The van der Waals surface area contributed by atoms with Crippen molar-refractivity contribution in [3.05, 3.63) is 47.2 Å². The summed E-state index contributed by atoms with van der Waals surface area (Å²) in [4.78, 5) is 41.9. The molecule has 0 saturated heterocycles. The number of rotatable bonds is 15. The minimum absolute atomic E-state index is 0.0308. The van der Waals surface area contributed by atoms with E-state index in [0.29, 0.717) is 10.8 Å². The number of nitrogens with one attached hydrogen (secondary N) is 1. The van der Waals surface area contributed by atoms with Crippen LogP contribution >= 0.6 is 11.6 Å². The Kier molecular flexibility index (Phi) is 13.0. The number of aromatic nitrogens is 1. The number of hydrogen-bond donors (Lipinski definition) is 1. The molecule has 3 atom stereocenters. The van der Waals surface area contributed by atoms with Gasteiger partial charge in [0, 0.05) is 24.2 Å². The molecule has 2 rings (SSSR count). The average molecular weight is 579 g/mol. The summed E-state index contributed by atoms with van der Waals surface area (Å²) in [5.41, 5.74) is -0.141. The second-order valence-corrected chi connectivity index (χ2v) is 9.98. The molecule has 0 aliphatic rings. The first kappa shape index (κ1) is 32.7. The number of halogens is 1. The van der Waals surface area contributed by atoms with Crippen molar-refractivity contribution in [2.75, 3.05) is 13.9 Å². The van der Waals surface area contributed by atoms with E-state index in [1.807, 2.05) is 0 Å². The van der Waals surface area contributed by atoms with Crippen molar-refractivity contribution in [1.29, 1.82) is 0 Å². The molecule has 0 aliphatic carbocycles. The standard InChI is InChI=1S/C29H39ClN2O8/c1-8-20(9-2)26(40-22-12-10-11-21(30)15-22)18(5)39-29(35)24(17(3)4)32-28(34)25-27(38-16-37-19(6)33)23(36-7)13-14-31-25/h10-15,17-18,20,24,26H,8-9,16H2,1-7H3,(H,32,34)/t18-,24-,26-/m0/s1. The lowest BCUT2D eigenvalue weighted by Gasteiger charge is -2.32. The fourth-order valence-electron chi connectivity index (χ4n) is 4.12. The second kappa shape index (κ2) is 15.9. The molecule has 0 fully saturated rings. The molecule has 0 radical (unpaired) electrons. The number of esters is 2. The highest BCUT2D eigenvalue weighted by atomic mass is 35.5. The molecule has 0 spiro atoms. The maximum absolute atomic E-state index is 13.4. The molecular formula is C29H39ClN2O8. The van der Waals surface area contributed by atoms with E-state index < -0.39 is 42.9 Å². The number of amides is 1. The van der Waals surface area contributed by atoms with Crippen LogP contribution in [0.1, 0.15) is 64.9 Å². The lowest BCUT2D eigenvalue weighted by Crippen LogP contribution is -2.48. The summed E-state index contributed by atoms with van der Waals surface area (Å²) in [5.74, 6) is -1.33. The van der Waals surface area contributed by atoms with Gasteiger partial charge >= 0.3 is 11.9 Å². The van der Waals surface area contributed by atoms with Gasteiger partial charge in [0.15, 0.2) is 17.2 Å². The summed E-state index contributed by atoms with van der Waals surface area (Å²) in [6.45, 7) is 10.2. The first-order valence-corrected chi connectivity index (χ1v) is 13.6. The van der Waals surface area contributed by atoms with Crippen molar-refractivity contribution >= 4 is 29.4 Å². The number of carbonyl (C=O) groups excluding carboxylic acids is 3. The topological polar surface area (TPSA) is 122 Å². The maximum Gasteiger partial charge on any atom is 0.329 e. The van der Waals surface area contributed by atoms with E-state index in [1.165, 1.54) is 26.3 Å². The van der Waals surface area contributed by atoms with Gasteiger partial charge in [0.25, 0.3) is 5.91 Å². The Morgan fingerprint density at radius 3 is 2.35 bits per heavy atom. The molecule has 0 aliphatic heterocycles. The van der Waals surface area contributed by atoms with Gasteiger partial charge in [-0.25, -0.2) is 9.78 Å². The van der Waals surface area contributed by atoms with E-state index in [9.17, 15) is 14.4 Å². The van der Waals surface area contributed by atoms with Crippen LogP contribution in [-0.2, 0) is 19.1 Å².